The van der Waals surface area contributed by atoms with E-state index in [1.165, 1.54) is 5.56 Å². The van der Waals surface area contributed by atoms with Crippen LogP contribution in [0.4, 0.5) is 4.79 Å². The predicted molar refractivity (Wildman–Crippen MR) is 76.0 cm³/mol. The maximum Gasteiger partial charge on any atom is 0.407 e. The van der Waals surface area contributed by atoms with Crippen molar-refractivity contribution in [1.82, 2.24) is 10.6 Å². The van der Waals surface area contributed by atoms with Crippen molar-refractivity contribution in [3.63, 3.8) is 0 Å². The molecular formula is C10H16BrClN2O2S. The zero-order chi connectivity index (χ0) is 11.8. The fourth-order valence-corrected chi connectivity index (χ4v) is 2.32. The van der Waals surface area contributed by atoms with Gasteiger partial charge in [-0.05, 0) is 39.9 Å². The Hall–Kier alpha value is -0.300. The molecule has 0 aliphatic rings. The van der Waals surface area contributed by atoms with Crippen LogP contribution in [0.25, 0.3) is 0 Å². The van der Waals surface area contributed by atoms with E-state index in [0.717, 1.165) is 16.9 Å². The van der Waals surface area contributed by atoms with Crippen LogP contribution in [-0.4, -0.2) is 25.8 Å². The quantitative estimate of drug-likeness (QED) is 0.781. The molecule has 1 aromatic heterocycles. The van der Waals surface area contributed by atoms with Gasteiger partial charge in [0.25, 0.3) is 0 Å². The molecule has 0 aliphatic carbocycles. The topological polar surface area (TPSA) is 50.4 Å². The Labute approximate surface area is 120 Å². The minimum absolute atomic E-state index is 0. The average molecular weight is 344 g/mol. The van der Waals surface area contributed by atoms with Crippen molar-refractivity contribution in [3.8, 4) is 0 Å². The van der Waals surface area contributed by atoms with Crippen LogP contribution in [0.15, 0.2) is 15.2 Å². The lowest BCUT2D eigenvalue weighted by Gasteiger charge is -2.05. The third-order valence-electron chi connectivity index (χ3n) is 1.80. The van der Waals surface area contributed by atoms with E-state index in [0.29, 0.717) is 13.2 Å². The number of carbonyl (C=O) groups is 1. The molecule has 0 unspecified atom stereocenters. The molecule has 0 bridgehead atoms. The van der Waals surface area contributed by atoms with Gasteiger partial charge in [-0.1, -0.05) is 0 Å². The molecule has 4 nitrogen and oxygen atoms in total. The van der Waals surface area contributed by atoms with Gasteiger partial charge in [-0.2, -0.15) is 0 Å². The number of alkyl carbamates (subject to hydrolysis) is 1. The van der Waals surface area contributed by atoms with E-state index < -0.39 is 0 Å². The number of ether oxygens (including phenoxy) is 1. The van der Waals surface area contributed by atoms with Gasteiger partial charge in [0.15, 0.2) is 0 Å². The second-order valence-electron chi connectivity index (χ2n) is 3.08. The van der Waals surface area contributed by atoms with E-state index in [9.17, 15) is 4.79 Å². The normalized spacial score (nSPS) is 9.53. The first-order valence-corrected chi connectivity index (χ1v) is 6.74. The molecule has 1 heterocycles. The Kier molecular flexibility index (Phi) is 9.53. The first kappa shape index (κ1) is 16.7. The van der Waals surface area contributed by atoms with Crippen LogP contribution in [-0.2, 0) is 11.3 Å². The largest absolute Gasteiger partial charge is 0.450 e. The standard InChI is InChI=1S/C10H15BrN2O2S.ClH/c1-2-15-10(14)13-4-3-12-6-8-5-9(11)16-7-8;/h5,7,12H,2-4,6H2,1H3,(H,13,14);1H. The summed E-state index contributed by atoms with van der Waals surface area (Å²) in [5.41, 5.74) is 1.24. The molecule has 1 rings (SSSR count). The molecule has 98 valence electrons. The molecule has 2 N–H and O–H groups in total. The summed E-state index contributed by atoms with van der Waals surface area (Å²) < 4.78 is 5.86. The first-order valence-electron chi connectivity index (χ1n) is 5.06. The molecule has 17 heavy (non-hydrogen) atoms. The smallest absolute Gasteiger partial charge is 0.407 e. The SMILES string of the molecule is CCOC(=O)NCCNCc1csc(Br)c1.Cl. The molecule has 0 fully saturated rings. The van der Waals surface area contributed by atoms with Gasteiger partial charge >= 0.3 is 6.09 Å². The van der Waals surface area contributed by atoms with Gasteiger partial charge in [-0.3, -0.25) is 0 Å². The maximum absolute atomic E-state index is 10.9. The average Bonchev–Trinajstić information content (AvgIpc) is 2.64. The Morgan fingerprint density at radius 2 is 2.29 bits per heavy atom. The van der Waals surface area contributed by atoms with Crippen molar-refractivity contribution in [1.29, 1.82) is 0 Å². The third-order valence-corrected chi connectivity index (χ3v) is 3.35. The fourth-order valence-electron chi connectivity index (χ4n) is 1.11. The van der Waals surface area contributed by atoms with E-state index in [1.54, 1.807) is 18.3 Å². The van der Waals surface area contributed by atoms with E-state index in [-0.39, 0.29) is 18.5 Å². The lowest BCUT2D eigenvalue weighted by molar-refractivity contribution is 0.152. The molecule has 1 amide bonds. The summed E-state index contributed by atoms with van der Waals surface area (Å²) >= 11 is 5.07. The van der Waals surface area contributed by atoms with E-state index >= 15 is 0 Å². The number of nitrogens with one attached hydrogen (secondary N) is 2. The second kappa shape index (κ2) is 9.70. The number of carbonyl (C=O) groups excluding carboxylic acids is 1. The molecular weight excluding hydrogens is 328 g/mol. The summed E-state index contributed by atoms with van der Waals surface area (Å²) in [4.78, 5) is 10.9. The van der Waals surface area contributed by atoms with Crippen LogP contribution in [0.2, 0.25) is 0 Å². The van der Waals surface area contributed by atoms with Crippen LogP contribution >= 0.6 is 39.7 Å². The molecule has 0 aromatic carbocycles. The van der Waals surface area contributed by atoms with Crippen molar-refractivity contribution < 1.29 is 9.53 Å². The first-order chi connectivity index (χ1) is 7.72. The maximum atomic E-state index is 10.9. The highest BCUT2D eigenvalue weighted by atomic mass is 79.9. The summed E-state index contributed by atoms with van der Waals surface area (Å²) in [6.45, 7) is 4.30. The molecule has 0 aliphatic heterocycles. The van der Waals surface area contributed by atoms with Gasteiger partial charge in [0.2, 0.25) is 0 Å². The zero-order valence-corrected chi connectivity index (χ0v) is 12.7. The molecule has 0 saturated carbocycles. The zero-order valence-electron chi connectivity index (χ0n) is 9.49. The minimum Gasteiger partial charge on any atom is -0.450 e. The van der Waals surface area contributed by atoms with Crippen molar-refractivity contribution >= 4 is 45.8 Å². The summed E-state index contributed by atoms with van der Waals surface area (Å²) in [5.74, 6) is 0. The van der Waals surface area contributed by atoms with Gasteiger partial charge in [-0.25, -0.2) is 4.79 Å². The molecule has 0 radical (unpaired) electrons. The van der Waals surface area contributed by atoms with E-state index in [2.05, 4.69) is 38.0 Å². The van der Waals surface area contributed by atoms with Crippen molar-refractivity contribution in [2.24, 2.45) is 0 Å². The highest BCUT2D eigenvalue weighted by Gasteiger charge is 1.99. The van der Waals surface area contributed by atoms with Crippen LogP contribution in [0, 0.1) is 0 Å². The van der Waals surface area contributed by atoms with Crippen LogP contribution in [0.5, 0.6) is 0 Å². The summed E-state index contributed by atoms with van der Waals surface area (Å²) in [7, 11) is 0. The number of thiophene rings is 1. The van der Waals surface area contributed by atoms with Crippen molar-refractivity contribution in [3.05, 3.63) is 20.8 Å². The van der Waals surface area contributed by atoms with Crippen LogP contribution < -0.4 is 10.6 Å². The molecule has 1 aromatic rings. The molecule has 0 atom stereocenters. The number of rotatable bonds is 6. The third kappa shape index (κ3) is 7.59. The van der Waals surface area contributed by atoms with E-state index in [1.807, 2.05) is 0 Å². The lowest BCUT2D eigenvalue weighted by Crippen LogP contribution is -2.31. The van der Waals surface area contributed by atoms with Crippen LogP contribution in [0.1, 0.15) is 12.5 Å². The van der Waals surface area contributed by atoms with Crippen LogP contribution in [0.3, 0.4) is 0 Å². The van der Waals surface area contributed by atoms with Gasteiger partial charge < -0.3 is 15.4 Å². The fraction of sp³-hybridized carbons (Fsp3) is 0.500. The number of amides is 1. The summed E-state index contributed by atoms with van der Waals surface area (Å²) in [5, 5.41) is 7.97. The highest BCUT2D eigenvalue weighted by Crippen LogP contribution is 2.20. The molecule has 0 saturated heterocycles. The van der Waals surface area contributed by atoms with Gasteiger partial charge in [0.1, 0.15) is 0 Å². The molecule has 0 spiro atoms. The Morgan fingerprint density at radius 3 is 2.88 bits per heavy atom. The van der Waals surface area contributed by atoms with Gasteiger partial charge in [0.05, 0.1) is 10.4 Å². The summed E-state index contributed by atoms with van der Waals surface area (Å²) in [6, 6.07) is 2.08. The van der Waals surface area contributed by atoms with Gasteiger partial charge in [0, 0.05) is 19.6 Å². The number of hydrogen-bond donors (Lipinski definition) is 2. The monoisotopic (exact) mass is 342 g/mol. The number of halogens is 2. The van der Waals surface area contributed by atoms with E-state index in [4.69, 9.17) is 4.74 Å². The Morgan fingerprint density at radius 1 is 1.53 bits per heavy atom. The summed E-state index contributed by atoms with van der Waals surface area (Å²) in [6.07, 6.45) is -0.359. The lowest BCUT2D eigenvalue weighted by atomic mass is 10.3. The van der Waals surface area contributed by atoms with Gasteiger partial charge in [-0.15, -0.1) is 23.7 Å². The predicted octanol–water partition coefficient (Wildman–Crippen LogP) is 2.77. The Balaban J connectivity index is 0.00000256. The molecule has 7 heteroatoms. The highest BCUT2D eigenvalue weighted by molar-refractivity contribution is 9.11. The minimum atomic E-state index is -0.359. The second-order valence-corrected chi connectivity index (χ2v) is 5.37. The van der Waals surface area contributed by atoms with Crippen molar-refractivity contribution in [2.75, 3.05) is 19.7 Å². The van der Waals surface area contributed by atoms with Crippen molar-refractivity contribution in [2.45, 2.75) is 13.5 Å². The Bertz CT molecular complexity index is 336. The number of hydrogen-bond acceptors (Lipinski definition) is 4.